The van der Waals surface area contributed by atoms with Crippen LogP contribution in [0.4, 0.5) is 0 Å². The van der Waals surface area contributed by atoms with Gasteiger partial charge in [-0.05, 0) is 49.9 Å². The molecule has 2 heteroatoms. The zero-order valence-corrected chi connectivity index (χ0v) is 10.4. The Kier molecular flexibility index (Phi) is 5.02. The standard InChI is InChI=1S/C12H17BrO/c1-3-14-12-8-10(2)7-11(9-12)5-4-6-13/h7-9H,3-6H2,1-2H3. The molecule has 0 unspecified atom stereocenters. The van der Waals surface area contributed by atoms with E-state index in [0.29, 0.717) is 0 Å². The van der Waals surface area contributed by atoms with Crippen molar-refractivity contribution in [3.8, 4) is 5.75 Å². The van der Waals surface area contributed by atoms with Gasteiger partial charge in [0.05, 0.1) is 6.61 Å². The molecule has 0 saturated heterocycles. The van der Waals surface area contributed by atoms with Crippen molar-refractivity contribution in [3.05, 3.63) is 29.3 Å². The maximum atomic E-state index is 5.50. The molecule has 0 fully saturated rings. The van der Waals surface area contributed by atoms with Crippen LogP contribution in [-0.2, 0) is 6.42 Å². The summed E-state index contributed by atoms with van der Waals surface area (Å²) in [4.78, 5) is 0. The summed E-state index contributed by atoms with van der Waals surface area (Å²) in [6.07, 6.45) is 2.29. The van der Waals surface area contributed by atoms with Crippen molar-refractivity contribution in [2.24, 2.45) is 0 Å². The van der Waals surface area contributed by atoms with Gasteiger partial charge in [-0.3, -0.25) is 0 Å². The van der Waals surface area contributed by atoms with Crippen molar-refractivity contribution in [1.82, 2.24) is 0 Å². The summed E-state index contributed by atoms with van der Waals surface area (Å²) < 4.78 is 5.50. The topological polar surface area (TPSA) is 9.23 Å². The van der Waals surface area contributed by atoms with E-state index in [2.05, 4.69) is 41.1 Å². The smallest absolute Gasteiger partial charge is 0.119 e. The minimum Gasteiger partial charge on any atom is -0.494 e. The molecule has 0 aliphatic carbocycles. The minimum atomic E-state index is 0.737. The molecule has 0 aliphatic heterocycles. The van der Waals surface area contributed by atoms with Crippen molar-refractivity contribution in [3.63, 3.8) is 0 Å². The Labute approximate surface area is 94.6 Å². The summed E-state index contributed by atoms with van der Waals surface area (Å²) in [7, 11) is 0. The van der Waals surface area contributed by atoms with Crippen LogP contribution in [0, 0.1) is 6.92 Å². The zero-order chi connectivity index (χ0) is 10.4. The Hall–Kier alpha value is -0.500. The third kappa shape index (κ3) is 3.70. The van der Waals surface area contributed by atoms with Gasteiger partial charge in [0.1, 0.15) is 5.75 Å². The molecule has 14 heavy (non-hydrogen) atoms. The van der Waals surface area contributed by atoms with Crippen LogP contribution in [-0.4, -0.2) is 11.9 Å². The predicted octanol–water partition coefficient (Wildman–Crippen LogP) is 3.72. The lowest BCUT2D eigenvalue weighted by Gasteiger charge is -2.07. The number of hydrogen-bond donors (Lipinski definition) is 0. The highest BCUT2D eigenvalue weighted by Gasteiger charge is 1.98. The number of hydrogen-bond acceptors (Lipinski definition) is 1. The Morgan fingerprint density at radius 1 is 1.29 bits per heavy atom. The fourth-order valence-electron chi connectivity index (χ4n) is 1.49. The van der Waals surface area contributed by atoms with Crippen LogP contribution in [0.2, 0.25) is 0 Å². The van der Waals surface area contributed by atoms with Crippen LogP contribution >= 0.6 is 15.9 Å². The second-order valence-corrected chi connectivity index (χ2v) is 4.17. The molecule has 0 spiro atoms. The van der Waals surface area contributed by atoms with Gasteiger partial charge in [-0.1, -0.05) is 22.0 Å². The average molecular weight is 257 g/mol. The van der Waals surface area contributed by atoms with Gasteiger partial charge in [-0.15, -0.1) is 0 Å². The van der Waals surface area contributed by atoms with E-state index in [1.54, 1.807) is 0 Å². The summed E-state index contributed by atoms with van der Waals surface area (Å²) in [5.74, 6) is 0.997. The molecule has 0 bridgehead atoms. The second-order valence-electron chi connectivity index (χ2n) is 3.38. The van der Waals surface area contributed by atoms with Crippen molar-refractivity contribution < 1.29 is 4.74 Å². The lowest BCUT2D eigenvalue weighted by Crippen LogP contribution is -1.94. The fourth-order valence-corrected chi connectivity index (χ4v) is 1.77. The molecule has 1 rings (SSSR count). The summed E-state index contributed by atoms with van der Waals surface area (Å²) in [5, 5.41) is 1.06. The molecule has 0 heterocycles. The van der Waals surface area contributed by atoms with Crippen LogP contribution in [0.5, 0.6) is 5.75 Å². The zero-order valence-electron chi connectivity index (χ0n) is 8.85. The highest BCUT2D eigenvalue weighted by molar-refractivity contribution is 9.09. The second kappa shape index (κ2) is 6.07. The van der Waals surface area contributed by atoms with Crippen LogP contribution in [0.3, 0.4) is 0 Å². The molecule has 0 radical (unpaired) electrons. The van der Waals surface area contributed by atoms with E-state index in [-0.39, 0.29) is 0 Å². The maximum Gasteiger partial charge on any atom is 0.119 e. The summed E-state index contributed by atoms with van der Waals surface area (Å²) in [6, 6.07) is 6.45. The molecule has 0 amide bonds. The first-order valence-electron chi connectivity index (χ1n) is 5.05. The Morgan fingerprint density at radius 2 is 2.07 bits per heavy atom. The van der Waals surface area contributed by atoms with E-state index in [1.165, 1.54) is 17.5 Å². The number of rotatable bonds is 5. The molecule has 0 atom stereocenters. The summed E-state index contributed by atoms with van der Waals surface area (Å²) >= 11 is 3.44. The first-order chi connectivity index (χ1) is 6.76. The molecule has 0 aliphatic rings. The predicted molar refractivity (Wildman–Crippen MR) is 64.5 cm³/mol. The Bertz CT molecular complexity index is 284. The quantitative estimate of drug-likeness (QED) is 0.730. The number of alkyl halides is 1. The van der Waals surface area contributed by atoms with Crippen molar-refractivity contribution in [1.29, 1.82) is 0 Å². The molecule has 1 aromatic carbocycles. The SMILES string of the molecule is CCOc1cc(C)cc(CCCBr)c1. The van der Waals surface area contributed by atoms with Gasteiger partial charge in [-0.25, -0.2) is 0 Å². The number of halogens is 1. The van der Waals surface area contributed by atoms with E-state index in [0.717, 1.165) is 24.1 Å². The first kappa shape index (κ1) is 11.6. The van der Waals surface area contributed by atoms with Crippen LogP contribution in [0.1, 0.15) is 24.5 Å². The van der Waals surface area contributed by atoms with Gasteiger partial charge in [0.25, 0.3) is 0 Å². The van der Waals surface area contributed by atoms with Crippen molar-refractivity contribution >= 4 is 15.9 Å². The lowest BCUT2D eigenvalue weighted by atomic mass is 10.1. The average Bonchev–Trinajstić information content (AvgIpc) is 2.14. The van der Waals surface area contributed by atoms with Crippen molar-refractivity contribution in [2.75, 3.05) is 11.9 Å². The third-order valence-corrected chi connectivity index (χ3v) is 2.58. The van der Waals surface area contributed by atoms with E-state index in [9.17, 15) is 0 Å². The lowest BCUT2D eigenvalue weighted by molar-refractivity contribution is 0.339. The largest absolute Gasteiger partial charge is 0.494 e. The summed E-state index contributed by atoms with van der Waals surface area (Å²) in [6.45, 7) is 4.86. The van der Waals surface area contributed by atoms with E-state index in [4.69, 9.17) is 4.74 Å². The molecule has 0 saturated carbocycles. The fraction of sp³-hybridized carbons (Fsp3) is 0.500. The molecule has 0 aromatic heterocycles. The van der Waals surface area contributed by atoms with Crippen LogP contribution in [0.25, 0.3) is 0 Å². The molecule has 78 valence electrons. The molecule has 1 aromatic rings. The van der Waals surface area contributed by atoms with Gasteiger partial charge in [0.2, 0.25) is 0 Å². The van der Waals surface area contributed by atoms with Crippen LogP contribution in [0.15, 0.2) is 18.2 Å². The van der Waals surface area contributed by atoms with Crippen LogP contribution < -0.4 is 4.74 Å². The highest BCUT2D eigenvalue weighted by atomic mass is 79.9. The number of aryl methyl sites for hydroxylation is 2. The highest BCUT2D eigenvalue weighted by Crippen LogP contribution is 2.18. The molecule has 0 N–H and O–H groups in total. The van der Waals surface area contributed by atoms with Gasteiger partial charge in [0, 0.05) is 5.33 Å². The number of ether oxygens (including phenoxy) is 1. The Morgan fingerprint density at radius 3 is 2.71 bits per heavy atom. The van der Waals surface area contributed by atoms with Crippen molar-refractivity contribution in [2.45, 2.75) is 26.7 Å². The van der Waals surface area contributed by atoms with Gasteiger partial charge < -0.3 is 4.74 Å². The van der Waals surface area contributed by atoms with Gasteiger partial charge in [-0.2, -0.15) is 0 Å². The maximum absolute atomic E-state index is 5.50. The van der Waals surface area contributed by atoms with Gasteiger partial charge >= 0.3 is 0 Å². The molecular formula is C12H17BrO. The monoisotopic (exact) mass is 256 g/mol. The third-order valence-electron chi connectivity index (χ3n) is 2.02. The van der Waals surface area contributed by atoms with E-state index in [1.807, 2.05) is 6.92 Å². The van der Waals surface area contributed by atoms with Gasteiger partial charge in [0.15, 0.2) is 0 Å². The Balaban J connectivity index is 2.73. The normalized spacial score (nSPS) is 10.2. The summed E-state index contributed by atoms with van der Waals surface area (Å²) in [5.41, 5.74) is 2.65. The minimum absolute atomic E-state index is 0.737. The van der Waals surface area contributed by atoms with E-state index < -0.39 is 0 Å². The molecule has 1 nitrogen and oxygen atoms in total. The molecular weight excluding hydrogens is 240 g/mol. The number of benzene rings is 1. The first-order valence-corrected chi connectivity index (χ1v) is 6.17. The van der Waals surface area contributed by atoms with E-state index >= 15 is 0 Å².